The monoisotopic (exact) mass is 251 g/mol. The van der Waals surface area contributed by atoms with Gasteiger partial charge in [-0.2, -0.15) is 0 Å². The third-order valence-electron chi connectivity index (χ3n) is 3.19. The maximum Gasteiger partial charge on any atom is 0.118 e. The first-order valence-corrected chi connectivity index (χ1v) is 6.63. The fraction of sp³-hybridized carbons (Fsp3) is 0.600. The van der Waals surface area contributed by atoms with Crippen LogP contribution in [-0.4, -0.2) is 24.9 Å². The lowest BCUT2D eigenvalue weighted by atomic mass is 9.95. The number of ether oxygens (including phenoxy) is 1. The zero-order chi connectivity index (χ0) is 13.5. The predicted octanol–water partition coefficient (Wildman–Crippen LogP) is 2.75. The van der Waals surface area contributed by atoms with E-state index in [0.29, 0.717) is 12.5 Å². The second kappa shape index (κ2) is 7.39. The molecule has 1 rings (SSSR count). The average Bonchev–Trinajstić information content (AvgIpc) is 2.39. The predicted molar refractivity (Wildman–Crippen MR) is 74.9 cm³/mol. The van der Waals surface area contributed by atoms with Crippen molar-refractivity contribution in [1.29, 1.82) is 0 Å². The summed E-state index contributed by atoms with van der Waals surface area (Å²) in [5.74, 6) is 1.34. The molecule has 18 heavy (non-hydrogen) atoms. The van der Waals surface area contributed by atoms with E-state index in [1.165, 1.54) is 5.56 Å². The van der Waals surface area contributed by atoms with E-state index < -0.39 is 0 Å². The van der Waals surface area contributed by atoms with Crippen molar-refractivity contribution in [3.63, 3.8) is 0 Å². The normalized spacial score (nSPS) is 14.6. The fourth-order valence-electron chi connectivity index (χ4n) is 1.96. The Kier molecular flexibility index (Phi) is 6.16. The van der Waals surface area contributed by atoms with Gasteiger partial charge in [0.1, 0.15) is 5.75 Å². The van der Waals surface area contributed by atoms with Crippen molar-refractivity contribution in [2.45, 2.75) is 39.3 Å². The SMILES string of the molecule is CC[C@H](O)CN[C@@H](c1ccc(OC)cc1)C(C)C. The summed E-state index contributed by atoms with van der Waals surface area (Å²) in [4.78, 5) is 0. The van der Waals surface area contributed by atoms with Gasteiger partial charge in [-0.3, -0.25) is 0 Å². The van der Waals surface area contributed by atoms with Crippen LogP contribution in [0.25, 0.3) is 0 Å². The highest BCUT2D eigenvalue weighted by Gasteiger charge is 2.16. The third kappa shape index (κ3) is 4.31. The molecule has 2 N–H and O–H groups in total. The zero-order valence-corrected chi connectivity index (χ0v) is 11.8. The minimum atomic E-state index is -0.274. The van der Waals surface area contributed by atoms with Crippen LogP contribution in [0.4, 0.5) is 0 Å². The van der Waals surface area contributed by atoms with E-state index in [2.05, 4.69) is 31.3 Å². The smallest absolute Gasteiger partial charge is 0.118 e. The lowest BCUT2D eigenvalue weighted by Gasteiger charge is -2.24. The Balaban J connectivity index is 2.71. The topological polar surface area (TPSA) is 41.5 Å². The van der Waals surface area contributed by atoms with Crippen LogP contribution in [0.2, 0.25) is 0 Å². The number of aliphatic hydroxyl groups is 1. The van der Waals surface area contributed by atoms with Crippen LogP contribution in [-0.2, 0) is 0 Å². The van der Waals surface area contributed by atoms with Crippen LogP contribution in [0, 0.1) is 5.92 Å². The number of benzene rings is 1. The largest absolute Gasteiger partial charge is 0.497 e. The molecule has 0 heterocycles. The summed E-state index contributed by atoms with van der Waals surface area (Å²) >= 11 is 0. The van der Waals surface area contributed by atoms with E-state index in [1.807, 2.05) is 19.1 Å². The molecular weight excluding hydrogens is 226 g/mol. The van der Waals surface area contributed by atoms with Crippen LogP contribution >= 0.6 is 0 Å². The molecule has 0 radical (unpaired) electrons. The molecule has 0 aliphatic heterocycles. The average molecular weight is 251 g/mol. The number of nitrogens with one attached hydrogen (secondary N) is 1. The minimum Gasteiger partial charge on any atom is -0.497 e. The Morgan fingerprint density at radius 1 is 1.22 bits per heavy atom. The van der Waals surface area contributed by atoms with Gasteiger partial charge in [0.15, 0.2) is 0 Å². The van der Waals surface area contributed by atoms with E-state index in [1.54, 1.807) is 7.11 Å². The molecule has 0 spiro atoms. The van der Waals surface area contributed by atoms with Gasteiger partial charge < -0.3 is 15.2 Å². The Morgan fingerprint density at radius 3 is 2.28 bits per heavy atom. The van der Waals surface area contributed by atoms with E-state index >= 15 is 0 Å². The molecule has 1 aromatic carbocycles. The van der Waals surface area contributed by atoms with Gasteiger partial charge >= 0.3 is 0 Å². The Labute approximate surface area is 110 Å². The van der Waals surface area contributed by atoms with Gasteiger partial charge in [-0.15, -0.1) is 0 Å². The van der Waals surface area contributed by atoms with Crippen LogP contribution < -0.4 is 10.1 Å². The highest BCUT2D eigenvalue weighted by atomic mass is 16.5. The molecule has 0 saturated heterocycles. The van der Waals surface area contributed by atoms with Gasteiger partial charge in [0.05, 0.1) is 13.2 Å². The van der Waals surface area contributed by atoms with Crippen LogP contribution in [0.5, 0.6) is 5.75 Å². The molecule has 0 amide bonds. The third-order valence-corrected chi connectivity index (χ3v) is 3.19. The summed E-state index contributed by atoms with van der Waals surface area (Å²) in [6.45, 7) is 6.98. The summed E-state index contributed by atoms with van der Waals surface area (Å²) < 4.78 is 5.16. The molecule has 1 aromatic rings. The lowest BCUT2D eigenvalue weighted by Crippen LogP contribution is -2.32. The molecule has 0 saturated carbocycles. The second-order valence-electron chi connectivity index (χ2n) is 4.97. The maximum absolute atomic E-state index is 9.64. The molecule has 2 atom stereocenters. The number of methoxy groups -OCH3 is 1. The van der Waals surface area contributed by atoms with Crippen LogP contribution in [0.15, 0.2) is 24.3 Å². The lowest BCUT2D eigenvalue weighted by molar-refractivity contribution is 0.159. The van der Waals surface area contributed by atoms with E-state index in [9.17, 15) is 5.11 Å². The van der Waals surface area contributed by atoms with E-state index in [4.69, 9.17) is 4.74 Å². The molecule has 3 nitrogen and oxygen atoms in total. The first-order valence-electron chi connectivity index (χ1n) is 6.63. The first kappa shape index (κ1) is 15.0. The summed E-state index contributed by atoms with van der Waals surface area (Å²) in [6, 6.07) is 8.37. The minimum absolute atomic E-state index is 0.261. The quantitative estimate of drug-likeness (QED) is 0.783. The van der Waals surface area contributed by atoms with Crippen LogP contribution in [0.3, 0.4) is 0 Å². The van der Waals surface area contributed by atoms with Crippen molar-refractivity contribution in [3.05, 3.63) is 29.8 Å². The number of aliphatic hydroxyl groups excluding tert-OH is 1. The molecule has 0 fully saturated rings. The molecule has 3 heteroatoms. The standard InChI is InChI=1S/C15H25NO2/c1-5-13(17)10-16-15(11(2)3)12-6-8-14(18-4)9-7-12/h6-9,11,13,15-17H,5,10H2,1-4H3/t13-,15+/m0/s1. The summed E-state index contributed by atoms with van der Waals surface area (Å²) in [6.07, 6.45) is 0.505. The highest BCUT2D eigenvalue weighted by molar-refractivity contribution is 5.29. The van der Waals surface area contributed by atoms with Crippen molar-refractivity contribution in [1.82, 2.24) is 5.32 Å². The van der Waals surface area contributed by atoms with Gasteiger partial charge in [-0.25, -0.2) is 0 Å². The molecular formula is C15H25NO2. The fourth-order valence-corrected chi connectivity index (χ4v) is 1.96. The summed E-state index contributed by atoms with van der Waals surface area (Å²) in [5.41, 5.74) is 1.23. The van der Waals surface area contributed by atoms with Crippen molar-refractivity contribution < 1.29 is 9.84 Å². The molecule has 0 aliphatic carbocycles. The first-order chi connectivity index (χ1) is 8.58. The second-order valence-corrected chi connectivity index (χ2v) is 4.97. The Bertz CT molecular complexity index is 335. The molecule has 0 bridgehead atoms. The zero-order valence-electron chi connectivity index (χ0n) is 11.8. The summed E-state index contributed by atoms with van der Waals surface area (Å²) in [5, 5.41) is 13.1. The number of rotatable bonds is 7. The van der Waals surface area contributed by atoms with Crippen molar-refractivity contribution in [2.24, 2.45) is 5.92 Å². The van der Waals surface area contributed by atoms with E-state index in [-0.39, 0.29) is 12.1 Å². The van der Waals surface area contributed by atoms with E-state index in [0.717, 1.165) is 12.2 Å². The Morgan fingerprint density at radius 2 is 1.83 bits per heavy atom. The van der Waals surface area contributed by atoms with Gasteiger partial charge in [0, 0.05) is 12.6 Å². The highest BCUT2D eigenvalue weighted by Crippen LogP contribution is 2.23. The Hall–Kier alpha value is -1.06. The summed E-state index contributed by atoms with van der Waals surface area (Å²) in [7, 11) is 1.67. The van der Waals surface area contributed by atoms with Gasteiger partial charge in [-0.05, 0) is 30.0 Å². The van der Waals surface area contributed by atoms with Crippen molar-refractivity contribution >= 4 is 0 Å². The van der Waals surface area contributed by atoms with Crippen molar-refractivity contribution in [3.8, 4) is 5.75 Å². The van der Waals surface area contributed by atoms with Gasteiger partial charge in [0.25, 0.3) is 0 Å². The van der Waals surface area contributed by atoms with Crippen LogP contribution in [0.1, 0.15) is 38.8 Å². The van der Waals surface area contributed by atoms with Gasteiger partial charge in [0.2, 0.25) is 0 Å². The number of hydrogen-bond donors (Lipinski definition) is 2. The molecule has 0 unspecified atom stereocenters. The van der Waals surface area contributed by atoms with Crippen molar-refractivity contribution in [2.75, 3.05) is 13.7 Å². The number of hydrogen-bond acceptors (Lipinski definition) is 3. The maximum atomic E-state index is 9.64. The molecule has 0 aliphatic rings. The van der Waals surface area contributed by atoms with Gasteiger partial charge in [-0.1, -0.05) is 32.9 Å². The molecule has 102 valence electrons. The molecule has 0 aromatic heterocycles.